The number of fused-ring (bicyclic) bond motifs is 1. The molecule has 9 nitrogen and oxygen atoms in total. The standard InChI is InChI=1S/C31H24N4O5/c1-19-13-15-24(35(38)39)18-26(19)34-30(36)20(2)40-31(37)23-14-16-25-27(17-23)33-29(22-11-7-4-8-12-22)28(32-25)21-9-5-3-6-10-21/h3-18,20H,1-2H3,(H,34,36). The fourth-order valence-electron chi connectivity index (χ4n) is 4.15. The van der Waals surface area contributed by atoms with Crippen molar-refractivity contribution in [2.75, 3.05) is 5.32 Å². The maximum Gasteiger partial charge on any atom is 0.338 e. The van der Waals surface area contributed by atoms with E-state index in [4.69, 9.17) is 14.7 Å². The second kappa shape index (κ2) is 11.1. The fraction of sp³-hybridized carbons (Fsp3) is 0.0968. The number of aryl methyl sites for hydroxylation is 1. The molecule has 1 amide bonds. The Morgan fingerprint density at radius 1 is 0.825 bits per heavy atom. The summed E-state index contributed by atoms with van der Waals surface area (Å²) >= 11 is 0. The number of non-ortho nitro benzene ring substituents is 1. The quantitative estimate of drug-likeness (QED) is 0.147. The summed E-state index contributed by atoms with van der Waals surface area (Å²) in [5.74, 6) is -1.33. The van der Waals surface area contributed by atoms with Crippen molar-refractivity contribution in [1.82, 2.24) is 9.97 Å². The van der Waals surface area contributed by atoms with Gasteiger partial charge in [-0.25, -0.2) is 14.8 Å². The van der Waals surface area contributed by atoms with Gasteiger partial charge in [-0.1, -0.05) is 66.7 Å². The van der Waals surface area contributed by atoms with E-state index in [1.165, 1.54) is 25.1 Å². The number of esters is 1. The first-order valence-electron chi connectivity index (χ1n) is 12.5. The zero-order valence-corrected chi connectivity index (χ0v) is 21.7. The number of rotatable bonds is 7. The van der Waals surface area contributed by atoms with Gasteiger partial charge in [0.25, 0.3) is 11.6 Å². The number of hydrogen-bond donors (Lipinski definition) is 1. The number of nitro groups is 1. The second-order valence-electron chi connectivity index (χ2n) is 9.15. The Bertz CT molecular complexity index is 1740. The smallest absolute Gasteiger partial charge is 0.338 e. The summed E-state index contributed by atoms with van der Waals surface area (Å²) in [5, 5.41) is 13.7. The van der Waals surface area contributed by atoms with Crippen LogP contribution in [-0.2, 0) is 9.53 Å². The summed E-state index contributed by atoms with van der Waals surface area (Å²) in [6.45, 7) is 3.14. The van der Waals surface area contributed by atoms with E-state index in [1.54, 1.807) is 25.1 Å². The topological polar surface area (TPSA) is 124 Å². The molecule has 5 rings (SSSR count). The first-order chi connectivity index (χ1) is 19.3. The van der Waals surface area contributed by atoms with Gasteiger partial charge in [0.2, 0.25) is 0 Å². The number of carbonyl (C=O) groups excluding carboxylic acids is 2. The van der Waals surface area contributed by atoms with Gasteiger partial charge >= 0.3 is 5.97 Å². The van der Waals surface area contributed by atoms with Gasteiger partial charge in [-0.15, -0.1) is 0 Å². The van der Waals surface area contributed by atoms with E-state index in [9.17, 15) is 19.7 Å². The molecule has 1 atom stereocenters. The van der Waals surface area contributed by atoms with Crippen LogP contribution in [0.5, 0.6) is 0 Å². The second-order valence-corrected chi connectivity index (χ2v) is 9.15. The molecule has 9 heteroatoms. The lowest BCUT2D eigenvalue weighted by Gasteiger charge is -2.15. The average Bonchev–Trinajstić information content (AvgIpc) is 2.98. The van der Waals surface area contributed by atoms with Gasteiger partial charge < -0.3 is 10.1 Å². The van der Waals surface area contributed by atoms with Crippen LogP contribution < -0.4 is 5.32 Å². The van der Waals surface area contributed by atoms with Crippen LogP contribution in [0.3, 0.4) is 0 Å². The third-order valence-corrected chi connectivity index (χ3v) is 6.34. The predicted octanol–water partition coefficient (Wildman–Crippen LogP) is 6.36. The van der Waals surface area contributed by atoms with Crippen molar-refractivity contribution in [2.45, 2.75) is 20.0 Å². The maximum atomic E-state index is 13.0. The number of hydrogen-bond acceptors (Lipinski definition) is 7. The van der Waals surface area contributed by atoms with Crippen molar-refractivity contribution in [3.8, 4) is 22.5 Å². The van der Waals surface area contributed by atoms with Crippen molar-refractivity contribution < 1.29 is 19.2 Å². The van der Waals surface area contributed by atoms with Crippen molar-refractivity contribution in [3.63, 3.8) is 0 Å². The van der Waals surface area contributed by atoms with Crippen molar-refractivity contribution in [3.05, 3.63) is 118 Å². The minimum absolute atomic E-state index is 0.159. The van der Waals surface area contributed by atoms with Gasteiger partial charge in [-0.2, -0.15) is 0 Å². The van der Waals surface area contributed by atoms with Crippen molar-refractivity contribution >= 4 is 34.3 Å². The number of nitrogens with zero attached hydrogens (tertiary/aromatic N) is 3. The molecule has 0 spiro atoms. The summed E-state index contributed by atoms with van der Waals surface area (Å²) in [4.78, 5) is 45.9. The van der Waals surface area contributed by atoms with Gasteiger partial charge in [0.1, 0.15) is 0 Å². The Morgan fingerprint density at radius 3 is 2.02 bits per heavy atom. The molecule has 1 N–H and O–H groups in total. The molecule has 0 aliphatic rings. The lowest BCUT2D eigenvalue weighted by molar-refractivity contribution is -0.384. The number of nitrogens with one attached hydrogen (secondary N) is 1. The summed E-state index contributed by atoms with van der Waals surface area (Å²) in [7, 11) is 0. The summed E-state index contributed by atoms with van der Waals surface area (Å²) < 4.78 is 5.41. The fourth-order valence-corrected chi connectivity index (χ4v) is 4.15. The van der Waals surface area contributed by atoms with Crippen LogP contribution in [0.1, 0.15) is 22.8 Å². The molecular formula is C31H24N4O5. The number of aromatic nitrogens is 2. The predicted molar refractivity (Wildman–Crippen MR) is 152 cm³/mol. The summed E-state index contributed by atoms with van der Waals surface area (Å²) in [6, 6.07) is 28.4. The third-order valence-electron chi connectivity index (χ3n) is 6.34. The molecule has 0 saturated carbocycles. The van der Waals surface area contributed by atoms with Crippen LogP contribution in [0.25, 0.3) is 33.5 Å². The molecule has 0 aliphatic carbocycles. The molecule has 0 saturated heterocycles. The Morgan fingerprint density at radius 2 is 1.43 bits per heavy atom. The molecule has 1 unspecified atom stereocenters. The SMILES string of the molecule is Cc1ccc([N+](=O)[O-])cc1NC(=O)C(C)OC(=O)c1ccc2nc(-c3ccccc3)c(-c3ccccc3)nc2c1. The Kier molecular flexibility index (Phi) is 7.28. The highest BCUT2D eigenvalue weighted by molar-refractivity contribution is 5.99. The monoisotopic (exact) mass is 532 g/mol. The highest BCUT2D eigenvalue weighted by Gasteiger charge is 2.22. The number of ether oxygens (including phenoxy) is 1. The van der Waals surface area contributed by atoms with Gasteiger partial charge in [-0.3, -0.25) is 14.9 Å². The van der Waals surface area contributed by atoms with Gasteiger partial charge in [0.05, 0.1) is 38.6 Å². The van der Waals surface area contributed by atoms with E-state index >= 15 is 0 Å². The molecular weight excluding hydrogens is 508 g/mol. The van der Waals surface area contributed by atoms with E-state index in [0.717, 1.165) is 16.8 Å². The number of anilines is 1. The molecule has 4 aromatic carbocycles. The zero-order valence-electron chi connectivity index (χ0n) is 21.7. The zero-order chi connectivity index (χ0) is 28.2. The first kappa shape index (κ1) is 26.2. The van der Waals surface area contributed by atoms with E-state index in [0.29, 0.717) is 22.3 Å². The summed E-state index contributed by atoms with van der Waals surface area (Å²) in [6.07, 6.45) is -1.16. The highest BCUT2D eigenvalue weighted by atomic mass is 16.6. The van der Waals surface area contributed by atoms with Crippen molar-refractivity contribution in [1.29, 1.82) is 0 Å². The Balaban J connectivity index is 1.40. The lowest BCUT2D eigenvalue weighted by Crippen LogP contribution is -2.30. The molecule has 198 valence electrons. The number of amides is 1. The van der Waals surface area contributed by atoms with E-state index in [2.05, 4.69) is 5.32 Å². The van der Waals surface area contributed by atoms with Crippen LogP contribution >= 0.6 is 0 Å². The van der Waals surface area contributed by atoms with E-state index < -0.39 is 22.9 Å². The minimum Gasteiger partial charge on any atom is -0.449 e. The highest BCUT2D eigenvalue weighted by Crippen LogP contribution is 2.31. The Hall–Kier alpha value is -5.44. The number of nitro benzene ring substituents is 1. The van der Waals surface area contributed by atoms with Crippen LogP contribution in [-0.4, -0.2) is 32.9 Å². The lowest BCUT2D eigenvalue weighted by atomic mass is 10.0. The minimum atomic E-state index is -1.16. The van der Waals surface area contributed by atoms with E-state index in [1.807, 2.05) is 60.7 Å². The molecule has 0 radical (unpaired) electrons. The molecule has 40 heavy (non-hydrogen) atoms. The number of benzene rings is 4. The van der Waals surface area contributed by atoms with Crippen LogP contribution in [0.15, 0.2) is 97.1 Å². The van der Waals surface area contributed by atoms with Gasteiger partial charge in [-0.05, 0) is 37.6 Å². The first-order valence-corrected chi connectivity index (χ1v) is 12.5. The normalized spacial score (nSPS) is 11.6. The van der Waals surface area contributed by atoms with E-state index in [-0.39, 0.29) is 16.9 Å². The number of carbonyl (C=O) groups is 2. The molecule has 1 aromatic heterocycles. The van der Waals surface area contributed by atoms with Gasteiger partial charge in [0.15, 0.2) is 6.10 Å². The molecule has 5 aromatic rings. The van der Waals surface area contributed by atoms with Crippen LogP contribution in [0.4, 0.5) is 11.4 Å². The van der Waals surface area contributed by atoms with Crippen LogP contribution in [0, 0.1) is 17.0 Å². The summed E-state index contributed by atoms with van der Waals surface area (Å²) in [5.41, 5.74) is 5.23. The molecule has 0 fully saturated rings. The molecule has 0 aliphatic heterocycles. The maximum absolute atomic E-state index is 13.0. The van der Waals surface area contributed by atoms with Gasteiger partial charge in [0, 0.05) is 23.3 Å². The molecule has 0 bridgehead atoms. The van der Waals surface area contributed by atoms with Crippen LogP contribution in [0.2, 0.25) is 0 Å². The average molecular weight is 533 g/mol. The third kappa shape index (κ3) is 5.53. The molecule has 1 heterocycles. The largest absolute Gasteiger partial charge is 0.449 e. The Labute approximate surface area is 229 Å². The van der Waals surface area contributed by atoms with Crippen molar-refractivity contribution in [2.24, 2.45) is 0 Å².